The quantitative estimate of drug-likeness (QED) is 0.320. The second-order valence-corrected chi connectivity index (χ2v) is 11.5. The third-order valence-electron chi connectivity index (χ3n) is 8.92. The number of hydrogen-bond acceptors (Lipinski definition) is 2. The highest BCUT2D eigenvalue weighted by Crippen LogP contribution is 2.60. The normalized spacial score (nSPS) is 26.6. The third-order valence-corrected chi connectivity index (χ3v) is 8.92. The summed E-state index contributed by atoms with van der Waals surface area (Å²) in [5.74, 6) is 2.30. The van der Waals surface area contributed by atoms with Gasteiger partial charge in [0, 0.05) is 22.6 Å². The standard InChI is InChI=1S/C31H34FN3O/c1-20-11-26(19-33-34-30(36)15-22-3-7-28(32)8-4-22)21(2)35(20)29-9-5-27(6-10-29)31-16-23-12-24(17-31)14-25(13-23)18-31/h3-11,19,23-25H,12-18H2,1-2H3,(H,34,36)/b33-19+. The monoisotopic (exact) mass is 483 g/mol. The lowest BCUT2D eigenvalue weighted by Gasteiger charge is -2.57. The number of halogens is 1. The van der Waals surface area contributed by atoms with Crippen LogP contribution in [0.4, 0.5) is 4.39 Å². The van der Waals surface area contributed by atoms with E-state index >= 15 is 0 Å². The smallest absolute Gasteiger partial charge is 0.244 e. The summed E-state index contributed by atoms with van der Waals surface area (Å²) in [5.41, 5.74) is 9.65. The summed E-state index contributed by atoms with van der Waals surface area (Å²) in [6.45, 7) is 4.19. The Kier molecular flexibility index (Phi) is 5.82. The van der Waals surface area contributed by atoms with Crippen LogP contribution in [0.1, 0.15) is 66.6 Å². The van der Waals surface area contributed by atoms with Crippen LogP contribution in [0.5, 0.6) is 0 Å². The number of rotatable bonds is 6. The van der Waals surface area contributed by atoms with E-state index in [1.54, 1.807) is 23.9 Å². The van der Waals surface area contributed by atoms with Gasteiger partial charge in [0.05, 0.1) is 12.6 Å². The van der Waals surface area contributed by atoms with E-state index in [4.69, 9.17) is 0 Å². The first kappa shape index (κ1) is 23.2. The summed E-state index contributed by atoms with van der Waals surface area (Å²) >= 11 is 0. The van der Waals surface area contributed by atoms with Gasteiger partial charge in [0.25, 0.3) is 0 Å². The maximum atomic E-state index is 13.1. The van der Waals surface area contributed by atoms with E-state index in [0.29, 0.717) is 5.41 Å². The molecular weight excluding hydrogens is 449 g/mol. The van der Waals surface area contributed by atoms with Crippen LogP contribution in [0, 0.1) is 37.4 Å². The van der Waals surface area contributed by atoms with Gasteiger partial charge in [-0.1, -0.05) is 24.3 Å². The summed E-state index contributed by atoms with van der Waals surface area (Å²) in [5, 5.41) is 4.17. The molecule has 0 radical (unpaired) electrons. The van der Waals surface area contributed by atoms with E-state index in [-0.39, 0.29) is 18.1 Å². The predicted molar refractivity (Wildman–Crippen MR) is 141 cm³/mol. The second kappa shape index (κ2) is 9.02. The molecule has 0 spiro atoms. The summed E-state index contributed by atoms with van der Waals surface area (Å²) < 4.78 is 15.3. The third kappa shape index (κ3) is 4.29. The lowest BCUT2D eigenvalue weighted by atomic mass is 9.48. The van der Waals surface area contributed by atoms with Gasteiger partial charge in [0.1, 0.15) is 5.82 Å². The highest BCUT2D eigenvalue weighted by molar-refractivity contribution is 5.84. The molecule has 1 N–H and O–H groups in total. The summed E-state index contributed by atoms with van der Waals surface area (Å²) in [4.78, 5) is 12.2. The molecule has 1 amide bonds. The maximum Gasteiger partial charge on any atom is 0.244 e. The van der Waals surface area contributed by atoms with Crippen molar-refractivity contribution in [1.29, 1.82) is 0 Å². The van der Waals surface area contributed by atoms with E-state index in [9.17, 15) is 9.18 Å². The maximum absolute atomic E-state index is 13.1. The number of hydrogen-bond donors (Lipinski definition) is 1. The van der Waals surface area contributed by atoms with Crippen LogP contribution in [0.15, 0.2) is 59.7 Å². The number of amides is 1. The van der Waals surface area contributed by atoms with Gasteiger partial charge in [-0.2, -0.15) is 5.10 Å². The topological polar surface area (TPSA) is 46.4 Å². The number of nitrogens with one attached hydrogen (secondary N) is 1. The van der Waals surface area contributed by atoms with Crippen LogP contribution in [0.2, 0.25) is 0 Å². The Morgan fingerprint density at radius 3 is 2.22 bits per heavy atom. The first-order valence-corrected chi connectivity index (χ1v) is 13.2. The Bertz CT molecular complexity index is 1270. The van der Waals surface area contributed by atoms with Crippen molar-refractivity contribution in [2.24, 2.45) is 22.9 Å². The van der Waals surface area contributed by atoms with E-state index in [2.05, 4.69) is 59.3 Å². The van der Waals surface area contributed by atoms with Crippen molar-refractivity contribution in [1.82, 2.24) is 9.99 Å². The van der Waals surface area contributed by atoms with Crippen LogP contribution >= 0.6 is 0 Å². The second-order valence-electron chi connectivity index (χ2n) is 11.5. The van der Waals surface area contributed by atoms with E-state index in [0.717, 1.165) is 40.3 Å². The molecule has 4 nitrogen and oxygen atoms in total. The molecule has 4 bridgehead atoms. The molecule has 4 saturated carbocycles. The average molecular weight is 484 g/mol. The van der Waals surface area contributed by atoms with Crippen LogP contribution in [0.25, 0.3) is 5.69 Å². The minimum Gasteiger partial charge on any atom is -0.318 e. The molecule has 1 heterocycles. The molecule has 4 aliphatic rings. The van der Waals surface area contributed by atoms with Gasteiger partial charge in [0.15, 0.2) is 0 Å². The van der Waals surface area contributed by atoms with Crippen molar-refractivity contribution in [3.8, 4) is 5.69 Å². The molecule has 36 heavy (non-hydrogen) atoms. The first-order valence-electron chi connectivity index (χ1n) is 13.2. The Hall–Kier alpha value is -3.21. The van der Waals surface area contributed by atoms with Gasteiger partial charge in [0.2, 0.25) is 5.91 Å². The SMILES string of the molecule is Cc1cc(/C=N/NC(=O)Cc2ccc(F)cc2)c(C)n1-c1ccc(C23CC4CC(CC(C4)C2)C3)cc1. The van der Waals surface area contributed by atoms with Gasteiger partial charge in [-0.05, 0) is 117 Å². The molecule has 0 aliphatic heterocycles. The largest absolute Gasteiger partial charge is 0.318 e. The van der Waals surface area contributed by atoms with Gasteiger partial charge in [-0.25, -0.2) is 9.82 Å². The van der Waals surface area contributed by atoms with E-state index in [1.807, 2.05) is 0 Å². The summed E-state index contributed by atoms with van der Waals surface area (Å²) in [6, 6.07) is 17.3. The number of hydrazone groups is 1. The number of carbonyl (C=O) groups is 1. The predicted octanol–water partition coefficient (Wildman–Crippen LogP) is 6.39. The molecular formula is C31H34FN3O. The van der Waals surface area contributed by atoms with Crippen molar-refractivity contribution >= 4 is 12.1 Å². The zero-order chi connectivity index (χ0) is 24.9. The van der Waals surface area contributed by atoms with Crippen molar-refractivity contribution in [3.63, 3.8) is 0 Å². The fourth-order valence-corrected chi connectivity index (χ4v) is 7.74. The number of nitrogens with zero attached hydrogens (tertiary/aromatic N) is 2. The molecule has 5 heteroatoms. The molecule has 0 atom stereocenters. The highest BCUT2D eigenvalue weighted by Gasteiger charge is 2.51. The zero-order valence-corrected chi connectivity index (χ0v) is 21.1. The highest BCUT2D eigenvalue weighted by atomic mass is 19.1. The Balaban J connectivity index is 1.15. The number of aromatic nitrogens is 1. The van der Waals surface area contributed by atoms with Crippen LogP contribution in [-0.2, 0) is 16.6 Å². The lowest BCUT2D eigenvalue weighted by Crippen LogP contribution is -2.48. The number of aryl methyl sites for hydroxylation is 1. The van der Waals surface area contributed by atoms with Crippen molar-refractivity contribution in [2.75, 3.05) is 0 Å². The lowest BCUT2D eigenvalue weighted by molar-refractivity contribution is -0.120. The Morgan fingerprint density at radius 1 is 1.00 bits per heavy atom. The first-order chi connectivity index (χ1) is 17.4. The molecule has 1 aromatic heterocycles. The van der Waals surface area contributed by atoms with Gasteiger partial charge >= 0.3 is 0 Å². The molecule has 2 aromatic carbocycles. The number of benzene rings is 2. The van der Waals surface area contributed by atoms with E-state index < -0.39 is 0 Å². The summed E-state index contributed by atoms with van der Waals surface area (Å²) in [6.07, 6.45) is 10.4. The molecule has 7 rings (SSSR count). The molecule has 4 fully saturated rings. The minimum absolute atomic E-state index is 0.159. The minimum atomic E-state index is -0.310. The van der Waals surface area contributed by atoms with Crippen LogP contribution in [-0.4, -0.2) is 16.7 Å². The fraction of sp³-hybridized carbons (Fsp3) is 0.419. The van der Waals surface area contributed by atoms with Gasteiger partial charge in [-0.3, -0.25) is 4.79 Å². The van der Waals surface area contributed by atoms with Gasteiger partial charge < -0.3 is 4.57 Å². The number of carbonyl (C=O) groups excluding carboxylic acids is 1. The van der Waals surface area contributed by atoms with E-state index in [1.165, 1.54) is 56.3 Å². The van der Waals surface area contributed by atoms with Crippen molar-refractivity contribution in [2.45, 2.75) is 64.2 Å². The Morgan fingerprint density at radius 2 is 1.61 bits per heavy atom. The molecule has 0 saturated heterocycles. The van der Waals surface area contributed by atoms with Crippen LogP contribution in [0.3, 0.4) is 0 Å². The fourth-order valence-electron chi connectivity index (χ4n) is 7.74. The summed E-state index contributed by atoms with van der Waals surface area (Å²) in [7, 11) is 0. The van der Waals surface area contributed by atoms with Crippen LogP contribution < -0.4 is 5.43 Å². The van der Waals surface area contributed by atoms with Gasteiger partial charge in [-0.15, -0.1) is 0 Å². The molecule has 0 unspecified atom stereocenters. The van der Waals surface area contributed by atoms with Crippen molar-refractivity contribution in [3.05, 3.63) is 88.5 Å². The zero-order valence-electron chi connectivity index (χ0n) is 21.1. The molecule has 186 valence electrons. The molecule has 3 aromatic rings. The Labute approximate surface area is 212 Å². The average Bonchev–Trinajstić information content (AvgIpc) is 3.12. The molecule has 4 aliphatic carbocycles. The van der Waals surface area contributed by atoms with Crippen molar-refractivity contribution < 1.29 is 9.18 Å².